The third kappa shape index (κ3) is 3.36. The Kier molecular flexibility index (Phi) is 4.40. The van der Waals surface area contributed by atoms with Crippen LogP contribution in [0.25, 0.3) is 6.08 Å². The molecule has 0 radical (unpaired) electrons. The molecule has 102 valence electrons. The average Bonchev–Trinajstić information content (AvgIpc) is 2.42. The van der Waals surface area contributed by atoms with E-state index >= 15 is 0 Å². The molecule has 0 aromatic heterocycles. The van der Waals surface area contributed by atoms with Crippen LogP contribution in [-0.2, 0) is 0 Å². The molecule has 0 unspecified atom stereocenters. The maximum atomic E-state index is 12.2. The van der Waals surface area contributed by atoms with Gasteiger partial charge >= 0.3 is 0 Å². The predicted molar refractivity (Wildman–Crippen MR) is 85.1 cm³/mol. The van der Waals surface area contributed by atoms with E-state index in [4.69, 9.17) is 0 Å². The molecule has 0 atom stereocenters. The number of carbonyl (C=O) groups excluding carboxylic acids is 1. The smallest absolute Gasteiger partial charge is 0.189 e. The van der Waals surface area contributed by atoms with E-state index in [0.29, 0.717) is 11.1 Å². The minimum absolute atomic E-state index is 0.0565. The molecule has 0 saturated heterocycles. The zero-order valence-corrected chi connectivity index (χ0v) is 12.9. The Labute approximate surface area is 126 Å². The number of hydrogen-bond acceptors (Lipinski definition) is 2. The van der Waals surface area contributed by atoms with Crippen molar-refractivity contribution in [1.29, 1.82) is 0 Å². The SMILES string of the molecule is Cc1cc(C)c(O)c(C(=O)C=Cc2ccc(Br)cc2)c1. The molecule has 0 saturated carbocycles. The molecule has 0 aliphatic heterocycles. The van der Waals surface area contributed by atoms with Crippen molar-refractivity contribution in [3.8, 4) is 5.75 Å². The molecule has 2 aromatic carbocycles. The van der Waals surface area contributed by atoms with Gasteiger partial charge in [-0.2, -0.15) is 0 Å². The van der Waals surface area contributed by atoms with E-state index in [1.54, 1.807) is 19.1 Å². The Balaban J connectivity index is 2.26. The number of aromatic hydroxyl groups is 1. The Hall–Kier alpha value is -1.87. The normalized spacial score (nSPS) is 10.9. The van der Waals surface area contributed by atoms with Gasteiger partial charge in [0.15, 0.2) is 5.78 Å². The van der Waals surface area contributed by atoms with Crippen molar-refractivity contribution in [2.75, 3.05) is 0 Å². The number of phenolic OH excluding ortho intramolecular Hbond substituents is 1. The third-order valence-corrected chi connectivity index (χ3v) is 3.54. The van der Waals surface area contributed by atoms with E-state index in [0.717, 1.165) is 15.6 Å². The average molecular weight is 331 g/mol. The summed E-state index contributed by atoms with van der Waals surface area (Å²) in [5.41, 5.74) is 2.95. The summed E-state index contributed by atoms with van der Waals surface area (Å²) >= 11 is 3.36. The first-order valence-corrected chi connectivity index (χ1v) is 7.05. The Morgan fingerprint density at radius 3 is 2.45 bits per heavy atom. The van der Waals surface area contributed by atoms with Crippen LogP contribution in [0.1, 0.15) is 27.0 Å². The van der Waals surface area contributed by atoms with Gasteiger partial charge in [0.2, 0.25) is 0 Å². The van der Waals surface area contributed by atoms with Gasteiger partial charge in [0.25, 0.3) is 0 Å². The molecule has 20 heavy (non-hydrogen) atoms. The number of aryl methyl sites for hydroxylation is 2. The zero-order valence-electron chi connectivity index (χ0n) is 11.4. The molecule has 0 fully saturated rings. The second-order valence-corrected chi connectivity index (χ2v) is 5.64. The second kappa shape index (κ2) is 6.06. The third-order valence-electron chi connectivity index (χ3n) is 3.01. The molecule has 3 heteroatoms. The molecule has 0 aliphatic rings. The van der Waals surface area contributed by atoms with Gasteiger partial charge in [-0.15, -0.1) is 0 Å². The van der Waals surface area contributed by atoms with Crippen LogP contribution in [-0.4, -0.2) is 10.9 Å². The van der Waals surface area contributed by atoms with Crippen LogP contribution in [0.2, 0.25) is 0 Å². The summed E-state index contributed by atoms with van der Waals surface area (Å²) in [6.07, 6.45) is 3.23. The van der Waals surface area contributed by atoms with Crippen molar-refractivity contribution in [3.05, 3.63) is 69.2 Å². The van der Waals surface area contributed by atoms with Crippen LogP contribution < -0.4 is 0 Å². The molecular formula is C17H15BrO2. The molecule has 0 aliphatic carbocycles. The number of halogens is 1. The van der Waals surface area contributed by atoms with Crippen molar-refractivity contribution in [3.63, 3.8) is 0 Å². The number of hydrogen-bond donors (Lipinski definition) is 1. The van der Waals surface area contributed by atoms with Crippen molar-refractivity contribution >= 4 is 27.8 Å². The lowest BCUT2D eigenvalue weighted by molar-refractivity contribution is 0.104. The Bertz CT molecular complexity index is 670. The van der Waals surface area contributed by atoms with Crippen molar-refractivity contribution in [2.45, 2.75) is 13.8 Å². The minimum Gasteiger partial charge on any atom is -0.507 e. The molecule has 0 amide bonds. The standard InChI is InChI=1S/C17H15BrO2/c1-11-9-12(2)17(20)15(10-11)16(19)8-5-13-3-6-14(18)7-4-13/h3-10,20H,1-2H3. The highest BCUT2D eigenvalue weighted by Crippen LogP contribution is 2.24. The monoisotopic (exact) mass is 330 g/mol. The van der Waals surface area contributed by atoms with Gasteiger partial charge < -0.3 is 5.11 Å². The second-order valence-electron chi connectivity index (χ2n) is 4.73. The summed E-state index contributed by atoms with van der Waals surface area (Å²) < 4.78 is 0.993. The molecular weight excluding hydrogens is 316 g/mol. The Morgan fingerprint density at radius 2 is 1.80 bits per heavy atom. The van der Waals surface area contributed by atoms with Gasteiger partial charge in [-0.05, 0) is 54.8 Å². The number of ketones is 1. The summed E-state index contributed by atoms with van der Waals surface area (Å²) in [6.45, 7) is 3.69. The van der Waals surface area contributed by atoms with E-state index in [1.165, 1.54) is 6.08 Å². The van der Waals surface area contributed by atoms with Crippen LogP contribution in [0.15, 0.2) is 46.9 Å². The largest absolute Gasteiger partial charge is 0.507 e. The van der Waals surface area contributed by atoms with E-state index in [-0.39, 0.29) is 11.5 Å². The zero-order chi connectivity index (χ0) is 14.7. The first kappa shape index (κ1) is 14.5. The lowest BCUT2D eigenvalue weighted by atomic mass is 10.0. The maximum Gasteiger partial charge on any atom is 0.189 e. The van der Waals surface area contributed by atoms with Crippen molar-refractivity contribution in [2.24, 2.45) is 0 Å². The fourth-order valence-electron chi connectivity index (χ4n) is 1.98. The first-order chi connectivity index (χ1) is 9.47. The van der Waals surface area contributed by atoms with E-state index in [9.17, 15) is 9.90 Å². The van der Waals surface area contributed by atoms with Crippen LogP contribution in [0, 0.1) is 13.8 Å². The highest BCUT2D eigenvalue weighted by atomic mass is 79.9. The van der Waals surface area contributed by atoms with E-state index in [1.807, 2.05) is 37.3 Å². The van der Waals surface area contributed by atoms with Crippen LogP contribution in [0.4, 0.5) is 0 Å². The fraction of sp³-hybridized carbons (Fsp3) is 0.118. The van der Waals surface area contributed by atoms with Gasteiger partial charge in [-0.1, -0.05) is 40.2 Å². The minimum atomic E-state index is -0.197. The van der Waals surface area contributed by atoms with Gasteiger partial charge in [0.1, 0.15) is 5.75 Å². The van der Waals surface area contributed by atoms with E-state index < -0.39 is 0 Å². The number of carbonyl (C=O) groups is 1. The van der Waals surface area contributed by atoms with Gasteiger partial charge in [-0.3, -0.25) is 4.79 Å². The number of benzene rings is 2. The molecule has 0 heterocycles. The highest BCUT2D eigenvalue weighted by molar-refractivity contribution is 9.10. The molecule has 2 aromatic rings. The summed E-state index contributed by atoms with van der Waals surface area (Å²) in [4.78, 5) is 12.2. The number of rotatable bonds is 3. The Morgan fingerprint density at radius 1 is 1.15 bits per heavy atom. The number of allylic oxidation sites excluding steroid dienone is 1. The van der Waals surface area contributed by atoms with Gasteiger partial charge in [-0.25, -0.2) is 0 Å². The molecule has 2 rings (SSSR count). The quantitative estimate of drug-likeness (QED) is 0.656. The number of phenols is 1. The molecule has 1 N–H and O–H groups in total. The lowest BCUT2D eigenvalue weighted by Gasteiger charge is -2.06. The highest BCUT2D eigenvalue weighted by Gasteiger charge is 2.11. The van der Waals surface area contributed by atoms with E-state index in [2.05, 4.69) is 15.9 Å². The predicted octanol–water partition coefficient (Wildman–Crippen LogP) is 4.67. The molecule has 2 nitrogen and oxygen atoms in total. The summed E-state index contributed by atoms with van der Waals surface area (Å²) in [5.74, 6) is -0.140. The van der Waals surface area contributed by atoms with Gasteiger partial charge in [0.05, 0.1) is 5.56 Å². The van der Waals surface area contributed by atoms with Crippen LogP contribution in [0.5, 0.6) is 5.75 Å². The molecule has 0 spiro atoms. The van der Waals surface area contributed by atoms with Gasteiger partial charge in [0, 0.05) is 4.47 Å². The lowest BCUT2D eigenvalue weighted by Crippen LogP contribution is -1.97. The summed E-state index contributed by atoms with van der Waals surface area (Å²) in [7, 11) is 0. The summed E-state index contributed by atoms with van der Waals surface area (Å²) in [5, 5.41) is 9.97. The van der Waals surface area contributed by atoms with Crippen molar-refractivity contribution < 1.29 is 9.90 Å². The fourth-order valence-corrected chi connectivity index (χ4v) is 2.25. The van der Waals surface area contributed by atoms with Crippen LogP contribution in [0.3, 0.4) is 0 Å². The summed E-state index contributed by atoms with van der Waals surface area (Å²) in [6, 6.07) is 11.2. The maximum absolute atomic E-state index is 12.2. The van der Waals surface area contributed by atoms with Crippen molar-refractivity contribution in [1.82, 2.24) is 0 Å². The topological polar surface area (TPSA) is 37.3 Å². The molecule has 0 bridgehead atoms. The first-order valence-electron chi connectivity index (χ1n) is 6.25. The van der Waals surface area contributed by atoms with Crippen LogP contribution >= 0.6 is 15.9 Å².